The van der Waals surface area contributed by atoms with Crippen LogP contribution in [-0.2, 0) is 6.42 Å². The zero-order chi connectivity index (χ0) is 20.0. The number of unbranched alkanes of at least 4 members (excludes halogenated alkanes) is 8. The second-order valence-corrected chi connectivity index (χ2v) is 8.10. The van der Waals surface area contributed by atoms with Gasteiger partial charge in [0.05, 0.1) is 6.10 Å². The van der Waals surface area contributed by atoms with Crippen molar-refractivity contribution in [2.24, 2.45) is 0 Å². The van der Waals surface area contributed by atoms with Crippen LogP contribution in [0, 0.1) is 6.92 Å². The first kappa shape index (κ1) is 22.7. The van der Waals surface area contributed by atoms with Gasteiger partial charge < -0.3 is 9.52 Å². The lowest BCUT2D eigenvalue weighted by molar-refractivity contribution is 0.163. The van der Waals surface area contributed by atoms with Crippen LogP contribution in [-0.4, -0.2) is 16.2 Å². The molecule has 2 rings (SSSR count). The Morgan fingerprint density at radius 3 is 2.64 bits per heavy atom. The van der Waals surface area contributed by atoms with E-state index < -0.39 is 0 Å². The van der Waals surface area contributed by atoms with Crippen molar-refractivity contribution in [3.63, 3.8) is 0 Å². The lowest BCUT2D eigenvalue weighted by Crippen LogP contribution is -2.04. The second-order valence-electron chi connectivity index (χ2n) is 8.10. The summed E-state index contributed by atoms with van der Waals surface area (Å²) < 4.78 is 5.81. The molecule has 0 aliphatic heterocycles. The van der Waals surface area contributed by atoms with E-state index in [1.165, 1.54) is 50.5 Å². The maximum Gasteiger partial charge on any atom is 0.195 e. The first-order chi connectivity index (χ1) is 13.7. The highest BCUT2D eigenvalue weighted by Crippen LogP contribution is 2.18. The molecule has 0 spiro atoms. The maximum atomic E-state index is 9.94. The van der Waals surface area contributed by atoms with Crippen LogP contribution in [0.5, 0.6) is 0 Å². The minimum absolute atomic E-state index is 0.149. The standard InChI is InChI=1S/C25H39NO2/c1-3-4-5-12-15-22(27)16-13-10-8-6-7-9-11-14-17-25-26-23-20-21(2)18-19-24(23)28-25/h10,13,18-20,22,27H,3-9,11-12,14-17H2,1-2H3/b13-10-/t22-/m1/s1. The molecule has 1 aromatic carbocycles. The van der Waals surface area contributed by atoms with Gasteiger partial charge in [-0.2, -0.15) is 0 Å². The molecule has 156 valence electrons. The third-order valence-corrected chi connectivity index (χ3v) is 5.31. The molecule has 3 heteroatoms. The van der Waals surface area contributed by atoms with E-state index in [4.69, 9.17) is 4.42 Å². The van der Waals surface area contributed by atoms with Crippen LogP contribution in [0.4, 0.5) is 0 Å². The Kier molecular flexibility index (Phi) is 11.0. The number of allylic oxidation sites excluding steroid dienone is 1. The predicted molar refractivity (Wildman–Crippen MR) is 119 cm³/mol. The van der Waals surface area contributed by atoms with Crippen molar-refractivity contribution in [3.8, 4) is 0 Å². The number of benzene rings is 1. The number of hydrogen-bond donors (Lipinski definition) is 1. The van der Waals surface area contributed by atoms with Gasteiger partial charge in [-0.1, -0.05) is 70.1 Å². The quantitative estimate of drug-likeness (QED) is 0.258. The molecule has 3 nitrogen and oxygen atoms in total. The van der Waals surface area contributed by atoms with Crippen molar-refractivity contribution in [1.82, 2.24) is 4.98 Å². The zero-order valence-corrected chi connectivity index (χ0v) is 18.0. The predicted octanol–water partition coefficient (Wildman–Crippen LogP) is 7.30. The molecule has 0 amide bonds. The van der Waals surface area contributed by atoms with E-state index in [0.29, 0.717) is 0 Å². The van der Waals surface area contributed by atoms with Gasteiger partial charge >= 0.3 is 0 Å². The monoisotopic (exact) mass is 385 g/mol. The highest BCUT2D eigenvalue weighted by Gasteiger charge is 2.05. The Morgan fingerprint density at radius 2 is 1.79 bits per heavy atom. The maximum absolute atomic E-state index is 9.94. The summed E-state index contributed by atoms with van der Waals surface area (Å²) in [6, 6.07) is 6.17. The van der Waals surface area contributed by atoms with E-state index in [2.05, 4.69) is 43.1 Å². The number of aliphatic hydroxyl groups is 1. The van der Waals surface area contributed by atoms with Gasteiger partial charge in [0.25, 0.3) is 0 Å². The van der Waals surface area contributed by atoms with Gasteiger partial charge in [-0.05, 0) is 56.7 Å². The number of hydrogen-bond acceptors (Lipinski definition) is 3. The topological polar surface area (TPSA) is 46.3 Å². The van der Waals surface area contributed by atoms with Crippen molar-refractivity contribution in [3.05, 3.63) is 41.8 Å². The van der Waals surface area contributed by atoms with Crippen molar-refractivity contribution >= 4 is 11.1 Å². The third kappa shape index (κ3) is 9.05. The van der Waals surface area contributed by atoms with Crippen molar-refractivity contribution in [2.75, 3.05) is 0 Å². The third-order valence-electron chi connectivity index (χ3n) is 5.31. The van der Waals surface area contributed by atoms with E-state index >= 15 is 0 Å². The number of aromatic nitrogens is 1. The average Bonchev–Trinajstić information content (AvgIpc) is 3.08. The number of nitrogens with zero attached hydrogens (tertiary/aromatic N) is 1. The summed E-state index contributed by atoms with van der Waals surface area (Å²) in [4.78, 5) is 4.59. The molecule has 0 bridgehead atoms. The molecular formula is C25H39NO2. The van der Waals surface area contributed by atoms with Crippen molar-refractivity contribution < 1.29 is 9.52 Å². The molecule has 0 fully saturated rings. The molecule has 1 heterocycles. The molecule has 1 N–H and O–H groups in total. The summed E-state index contributed by atoms with van der Waals surface area (Å²) in [6.07, 6.45) is 19.2. The lowest BCUT2D eigenvalue weighted by atomic mass is 10.1. The fourth-order valence-corrected chi connectivity index (χ4v) is 3.56. The van der Waals surface area contributed by atoms with E-state index in [0.717, 1.165) is 55.5 Å². The molecule has 0 unspecified atom stereocenters. The lowest BCUT2D eigenvalue weighted by Gasteiger charge is -2.07. The summed E-state index contributed by atoms with van der Waals surface area (Å²) in [7, 11) is 0. The van der Waals surface area contributed by atoms with Crippen LogP contribution in [0.25, 0.3) is 11.1 Å². The van der Waals surface area contributed by atoms with Gasteiger partial charge in [0.15, 0.2) is 11.5 Å². The zero-order valence-electron chi connectivity index (χ0n) is 18.0. The number of rotatable bonds is 15. The molecule has 28 heavy (non-hydrogen) atoms. The molecule has 0 aliphatic carbocycles. The molecule has 0 saturated carbocycles. The Morgan fingerprint density at radius 1 is 1.00 bits per heavy atom. The van der Waals surface area contributed by atoms with Gasteiger partial charge in [0.1, 0.15) is 5.52 Å². The van der Waals surface area contributed by atoms with Crippen molar-refractivity contribution in [1.29, 1.82) is 0 Å². The molecule has 0 aliphatic rings. The minimum Gasteiger partial charge on any atom is -0.441 e. The molecule has 2 aromatic rings. The summed E-state index contributed by atoms with van der Waals surface area (Å²) in [5, 5.41) is 9.94. The second kappa shape index (κ2) is 13.5. The van der Waals surface area contributed by atoms with Crippen molar-refractivity contribution in [2.45, 2.75) is 103 Å². The van der Waals surface area contributed by atoms with Gasteiger partial charge in [0.2, 0.25) is 0 Å². The number of aliphatic hydroxyl groups excluding tert-OH is 1. The van der Waals surface area contributed by atoms with Crippen LogP contribution >= 0.6 is 0 Å². The fourth-order valence-electron chi connectivity index (χ4n) is 3.56. The molecule has 0 saturated heterocycles. The Hall–Kier alpha value is -1.61. The minimum atomic E-state index is -0.149. The highest BCUT2D eigenvalue weighted by atomic mass is 16.3. The van der Waals surface area contributed by atoms with Crippen LogP contribution in [0.3, 0.4) is 0 Å². The number of oxazole rings is 1. The van der Waals surface area contributed by atoms with Crippen LogP contribution in [0.15, 0.2) is 34.8 Å². The van der Waals surface area contributed by atoms with Crippen LogP contribution < -0.4 is 0 Å². The first-order valence-electron chi connectivity index (χ1n) is 11.4. The fraction of sp³-hybridized carbons (Fsp3) is 0.640. The van der Waals surface area contributed by atoms with Crippen LogP contribution in [0.2, 0.25) is 0 Å². The highest BCUT2D eigenvalue weighted by molar-refractivity contribution is 5.73. The number of fused-ring (bicyclic) bond motifs is 1. The summed E-state index contributed by atoms with van der Waals surface area (Å²) in [5.41, 5.74) is 3.11. The first-order valence-corrected chi connectivity index (χ1v) is 11.4. The van der Waals surface area contributed by atoms with Gasteiger partial charge in [-0.15, -0.1) is 0 Å². The smallest absolute Gasteiger partial charge is 0.195 e. The van der Waals surface area contributed by atoms with Gasteiger partial charge in [-0.25, -0.2) is 4.98 Å². The Balaban J connectivity index is 1.45. The SMILES string of the molecule is CCCCCC[C@@H](O)C/C=C\CCCCCCCc1nc2cc(C)ccc2o1. The summed E-state index contributed by atoms with van der Waals surface area (Å²) in [6.45, 7) is 4.30. The Bertz CT molecular complexity index is 689. The van der Waals surface area contributed by atoms with E-state index in [1.54, 1.807) is 0 Å². The average molecular weight is 386 g/mol. The molecule has 0 radical (unpaired) electrons. The van der Waals surface area contributed by atoms with E-state index in [1.807, 2.05) is 6.07 Å². The molecule has 1 atom stereocenters. The normalized spacial score (nSPS) is 13.0. The number of aryl methyl sites for hydroxylation is 2. The van der Waals surface area contributed by atoms with Gasteiger partial charge in [0, 0.05) is 6.42 Å². The molecular weight excluding hydrogens is 346 g/mol. The van der Waals surface area contributed by atoms with Crippen LogP contribution in [0.1, 0.15) is 95.4 Å². The molecule has 1 aromatic heterocycles. The summed E-state index contributed by atoms with van der Waals surface area (Å²) >= 11 is 0. The van der Waals surface area contributed by atoms with E-state index in [9.17, 15) is 5.11 Å². The Labute approximate surface area is 171 Å². The van der Waals surface area contributed by atoms with E-state index in [-0.39, 0.29) is 6.10 Å². The largest absolute Gasteiger partial charge is 0.441 e. The van der Waals surface area contributed by atoms with Gasteiger partial charge in [-0.3, -0.25) is 0 Å². The summed E-state index contributed by atoms with van der Waals surface area (Å²) in [5.74, 6) is 0.872.